The molecule has 0 heterocycles. The van der Waals surface area contributed by atoms with E-state index >= 15 is 0 Å². The highest BCUT2D eigenvalue weighted by Crippen LogP contribution is 2.29. The van der Waals surface area contributed by atoms with Gasteiger partial charge in [0.2, 0.25) is 0 Å². The van der Waals surface area contributed by atoms with Gasteiger partial charge in [0.15, 0.2) is 0 Å². The van der Waals surface area contributed by atoms with Crippen LogP contribution >= 0.6 is 0 Å². The summed E-state index contributed by atoms with van der Waals surface area (Å²) in [6, 6.07) is 6.23. The van der Waals surface area contributed by atoms with Crippen LogP contribution in [-0.2, 0) is 0 Å². The average Bonchev–Trinajstić information content (AvgIpc) is 2.22. The van der Waals surface area contributed by atoms with Crippen LogP contribution in [0.1, 0.15) is 27.7 Å². The first kappa shape index (κ1) is 12.7. The molecule has 0 spiro atoms. The third-order valence-corrected chi connectivity index (χ3v) is 2.01. The number of hydrogen-bond acceptors (Lipinski definition) is 3. The van der Waals surface area contributed by atoms with Crippen molar-refractivity contribution in [1.29, 1.82) is 0 Å². The summed E-state index contributed by atoms with van der Waals surface area (Å²) in [6.07, 6.45) is 0. The van der Waals surface area contributed by atoms with E-state index in [1.165, 1.54) is 0 Å². The molecule has 0 saturated heterocycles. The summed E-state index contributed by atoms with van der Waals surface area (Å²) < 4.78 is 11.0. The Bertz CT molecular complexity index is 324. The largest absolute Gasteiger partial charge is 0.494 e. The van der Waals surface area contributed by atoms with E-state index in [0.717, 1.165) is 17.2 Å². The minimum atomic E-state index is 0.371. The third-order valence-electron chi connectivity index (χ3n) is 2.01. The molecule has 0 radical (unpaired) electrons. The van der Waals surface area contributed by atoms with Gasteiger partial charge in [-0.2, -0.15) is 0 Å². The van der Waals surface area contributed by atoms with E-state index in [0.29, 0.717) is 19.3 Å². The van der Waals surface area contributed by atoms with Gasteiger partial charge in [0.25, 0.3) is 0 Å². The quantitative estimate of drug-likeness (QED) is 0.802. The average molecular weight is 223 g/mol. The molecule has 0 saturated carbocycles. The molecule has 3 nitrogen and oxygen atoms in total. The van der Waals surface area contributed by atoms with Gasteiger partial charge in [-0.1, -0.05) is 0 Å². The van der Waals surface area contributed by atoms with Crippen LogP contribution < -0.4 is 14.8 Å². The Balaban J connectivity index is 2.91. The molecular weight excluding hydrogens is 202 g/mol. The molecule has 1 aromatic rings. The number of rotatable bonds is 6. The van der Waals surface area contributed by atoms with E-state index in [1.807, 2.05) is 32.0 Å². The Kier molecular flexibility index (Phi) is 4.96. The van der Waals surface area contributed by atoms with E-state index in [9.17, 15) is 0 Å². The first-order chi connectivity index (χ1) is 7.67. The smallest absolute Gasteiger partial charge is 0.142 e. The second-order valence-electron chi connectivity index (χ2n) is 3.82. The van der Waals surface area contributed by atoms with Crippen molar-refractivity contribution in [3.8, 4) is 11.5 Å². The summed E-state index contributed by atoms with van der Waals surface area (Å²) >= 11 is 0. The fourth-order valence-corrected chi connectivity index (χ4v) is 1.47. The van der Waals surface area contributed by atoms with E-state index < -0.39 is 0 Å². The van der Waals surface area contributed by atoms with Gasteiger partial charge in [-0.25, -0.2) is 0 Å². The first-order valence-corrected chi connectivity index (χ1v) is 5.83. The molecule has 0 bridgehead atoms. The molecule has 0 aliphatic rings. The normalized spacial score (nSPS) is 10.3. The molecule has 0 amide bonds. The number of ether oxygens (including phenoxy) is 2. The maximum atomic E-state index is 5.55. The van der Waals surface area contributed by atoms with E-state index in [1.54, 1.807) is 0 Å². The van der Waals surface area contributed by atoms with Gasteiger partial charge in [0.1, 0.15) is 11.5 Å². The second-order valence-corrected chi connectivity index (χ2v) is 3.82. The predicted octanol–water partition coefficient (Wildman–Crippen LogP) is 3.30. The van der Waals surface area contributed by atoms with Gasteiger partial charge in [-0.05, 0) is 39.8 Å². The molecule has 0 unspecified atom stereocenters. The highest BCUT2D eigenvalue weighted by atomic mass is 16.5. The Morgan fingerprint density at radius 2 is 1.81 bits per heavy atom. The van der Waals surface area contributed by atoms with E-state index in [-0.39, 0.29) is 0 Å². The zero-order valence-corrected chi connectivity index (χ0v) is 10.5. The molecule has 0 aliphatic heterocycles. The molecule has 0 fully saturated rings. The topological polar surface area (TPSA) is 30.5 Å². The van der Waals surface area contributed by atoms with E-state index in [2.05, 4.69) is 19.2 Å². The molecule has 1 N–H and O–H groups in total. The van der Waals surface area contributed by atoms with Crippen LogP contribution in [0.4, 0.5) is 5.69 Å². The summed E-state index contributed by atoms with van der Waals surface area (Å²) in [6.45, 7) is 9.50. The lowest BCUT2D eigenvalue weighted by Crippen LogP contribution is -2.11. The molecular formula is C13H21NO2. The van der Waals surface area contributed by atoms with Crippen molar-refractivity contribution in [3.63, 3.8) is 0 Å². The van der Waals surface area contributed by atoms with Crippen molar-refractivity contribution in [2.45, 2.75) is 33.7 Å². The fourth-order valence-electron chi connectivity index (χ4n) is 1.47. The van der Waals surface area contributed by atoms with Crippen LogP contribution in [0.5, 0.6) is 11.5 Å². The maximum Gasteiger partial charge on any atom is 0.142 e. The van der Waals surface area contributed by atoms with Crippen LogP contribution in [0.25, 0.3) is 0 Å². The van der Waals surface area contributed by atoms with Crippen LogP contribution in [0, 0.1) is 0 Å². The van der Waals surface area contributed by atoms with Crippen LogP contribution in [0.2, 0.25) is 0 Å². The fraction of sp³-hybridized carbons (Fsp3) is 0.538. The standard InChI is InChI=1S/C13H21NO2/c1-5-15-11-7-8-13(16-6-2)12(9-11)14-10(3)4/h7-10,14H,5-6H2,1-4H3. The van der Waals surface area contributed by atoms with Gasteiger partial charge in [-0.15, -0.1) is 0 Å². The van der Waals surface area contributed by atoms with Crippen molar-refractivity contribution in [2.75, 3.05) is 18.5 Å². The first-order valence-electron chi connectivity index (χ1n) is 5.83. The van der Waals surface area contributed by atoms with Gasteiger partial charge < -0.3 is 14.8 Å². The zero-order valence-electron chi connectivity index (χ0n) is 10.5. The van der Waals surface area contributed by atoms with Gasteiger partial charge in [0, 0.05) is 12.1 Å². The minimum Gasteiger partial charge on any atom is -0.494 e. The monoisotopic (exact) mass is 223 g/mol. The summed E-state index contributed by atoms with van der Waals surface area (Å²) in [7, 11) is 0. The molecule has 16 heavy (non-hydrogen) atoms. The number of benzene rings is 1. The van der Waals surface area contributed by atoms with Crippen LogP contribution in [0.3, 0.4) is 0 Å². The Labute approximate surface area is 97.8 Å². The number of nitrogens with one attached hydrogen (secondary N) is 1. The second kappa shape index (κ2) is 6.26. The van der Waals surface area contributed by atoms with Crippen LogP contribution in [0.15, 0.2) is 18.2 Å². The number of anilines is 1. The Morgan fingerprint density at radius 3 is 2.38 bits per heavy atom. The van der Waals surface area contributed by atoms with Gasteiger partial charge >= 0.3 is 0 Å². The Hall–Kier alpha value is -1.38. The van der Waals surface area contributed by atoms with Crippen molar-refractivity contribution in [1.82, 2.24) is 0 Å². The SMILES string of the molecule is CCOc1ccc(OCC)c(NC(C)C)c1. The minimum absolute atomic E-state index is 0.371. The molecule has 0 aliphatic carbocycles. The summed E-state index contributed by atoms with van der Waals surface area (Å²) in [5.41, 5.74) is 0.989. The lowest BCUT2D eigenvalue weighted by Gasteiger charge is -2.16. The molecule has 1 rings (SSSR count). The van der Waals surface area contributed by atoms with E-state index in [4.69, 9.17) is 9.47 Å². The summed E-state index contributed by atoms with van der Waals surface area (Å²) in [5, 5.41) is 3.35. The molecule has 90 valence electrons. The van der Waals surface area contributed by atoms with Gasteiger partial charge in [-0.3, -0.25) is 0 Å². The highest BCUT2D eigenvalue weighted by molar-refractivity contribution is 5.60. The third kappa shape index (κ3) is 3.65. The highest BCUT2D eigenvalue weighted by Gasteiger charge is 2.06. The van der Waals surface area contributed by atoms with Crippen molar-refractivity contribution in [2.24, 2.45) is 0 Å². The molecule has 1 aromatic carbocycles. The molecule has 0 aromatic heterocycles. The summed E-state index contributed by atoms with van der Waals surface area (Å²) in [4.78, 5) is 0. The molecule has 3 heteroatoms. The van der Waals surface area contributed by atoms with Gasteiger partial charge in [0.05, 0.1) is 18.9 Å². The van der Waals surface area contributed by atoms with Crippen molar-refractivity contribution in [3.05, 3.63) is 18.2 Å². The predicted molar refractivity (Wildman–Crippen MR) is 67.5 cm³/mol. The lowest BCUT2D eigenvalue weighted by molar-refractivity contribution is 0.331. The summed E-state index contributed by atoms with van der Waals surface area (Å²) in [5.74, 6) is 1.74. The van der Waals surface area contributed by atoms with Crippen LogP contribution in [-0.4, -0.2) is 19.3 Å². The maximum absolute atomic E-state index is 5.55. The van der Waals surface area contributed by atoms with Crippen molar-refractivity contribution >= 4 is 5.69 Å². The number of hydrogen-bond donors (Lipinski definition) is 1. The zero-order chi connectivity index (χ0) is 12.0. The van der Waals surface area contributed by atoms with Crippen molar-refractivity contribution < 1.29 is 9.47 Å². The lowest BCUT2D eigenvalue weighted by atomic mass is 10.2. The Morgan fingerprint density at radius 1 is 1.12 bits per heavy atom. The molecule has 0 atom stereocenters.